The van der Waals surface area contributed by atoms with Crippen LogP contribution in [0.5, 0.6) is 5.75 Å². The van der Waals surface area contributed by atoms with Gasteiger partial charge in [0, 0.05) is 13.1 Å². The number of Topliss-reactive ketones (excluding diaryl/α,β-unsaturated/α-hetero) is 1. The van der Waals surface area contributed by atoms with E-state index in [4.69, 9.17) is 16.4 Å². The molecule has 4 N–H and O–H groups in total. The van der Waals surface area contributed by atoms with Crippen molar-refractivity contribution >= 4 is 33.1 Å². The number of aromatic hydroxyl groups is 1. The molecule has 11 heteroatoms. The third-order valence-corrected chi connectivity index (χ3v) is 7.67. The summed E-state index contributed by atoms with van der Waals surface area (Å²) in [5, 5.41) is 26.5. The molecule has 0 aromatic heterocycles. The summed E-state index contributed by atoms with van der Waals surface area (Å²) in [6, 6.07) is 10.3. The predicted molar refractivity (Wildman–Crippen MR) is 124 cm³/mol. The van der Waals surface area contributed by atoms with E-state index < -0.39 is 32.6 Å². The van der Waals surface area contributed by atoms with Crippen molar-refractivity contribution in [3.8, 4) is 5.75 Å². The number of rotatable bonds is 9. The number of phenols is 1. The van der Waals surface area contributed by atoms with E-state index in [1.807, 2.05) is 31.2 Å². The average Bonchev–Trinajstić information content (AvgIpc) is 2.81. The average molecular weight is 496 g/mol. The lowest BCUT2D eigenvalue weighted by atomic mass is 9.93. The van der Waals surface area contributed by atoms with Gasteiger partial charge in [-0.25, -0.2) is 8.42 Å². The Morgan fingerprint density at radius 3 is 2.42 bits per heavy atom. The molecule has 2 atom stereocenters. The smallest absolute Gasteiger partial charge is 0.269 e. The molecule has 0 spiro atoms. The van der Waals surface area contributed by atoms with Gasteiger partial charge in [0.2, 0.25) is 5.78 Å². The number of nitrogens with zero attached hydrogens (tertiary/aromatic N) is 1. The monoisotopic (exact) mass is 495 g/mol. The highest BCUT2D eigenvalue weighted by Gasteiger charge is 2.40. The van der Waals surface area contributed by atoms with Crippen molar-refractivity contribution < 1.29 is 28.3 Å². The van der Waals surface area contributed by atoms with Crippen LogP contribution in [0.4, 0.5) is 5.69 Å². The second-order valence-electron chi connectivity index (χ2n) is 7.51. The predicted octanol–water partition coefficient (Wildman–Crippen LogP) is 2.71. The van der Waals surface area contributed by atoms with Gasteiger partial charge in [-0.05, 0) is 36.6 Å². The highest BCUT2D eigenvalue weighted by atomic mass is 35.5. The first-order chi connectivity index (χ1) is 15.5. The van der Waals surface area contributed by atoms with E-state index in [0.717, 1.165) is 26.1 Å². The van der Waals surface area contributed by atoms with E-state index in [0.29, 0.717) is 4.47 Å². The molecule has 3 rings (SSSR count). The summed E-state index contributed by atoms with van der Waals surface area (Å²) in [4.78, 5) is 16.5. The van der Waals surface area contributed by atoms with E-state index in [-0.39, 0.29) is 28.1 Å². The Balaban J connectivity index is 1.92. The summed E-state index contributed by atoms with van der Waals surface area (Å²) in [5.74, 6) is -1.19. The number of halogens is 1. The highest BCUT2D eigenvalue weighted by Crippen LogP contribution is 2.40. The van der Waals surface area contributed by atoms with Crippen molar-refractivity contribution in [1.29, 1.82) is 0 Å². The Bertz CT molecular complexity index is 1200. The number of benzene rings is 2. The first kappa shape index (κ1) is 25.0. The Morgan fingerprint density at radius 1 is 1.21 bits per heavy atom. The Kier molecular flexibility index (Phi) is 7.35. The first-order valence-electron chi connectivity index (χ1n) is 10.2. The number of aryl methyl sites for hydroxylation is 1. The number of anilines is 1. The lowest BCUT2D eigenvalue weighted by Gasteiger charge is -2.32. The zero-order valence-corrected chi connectivity index (χ0v) is 20.2. The van der Waals surface area contributed by atoms with Crippen LogP contribution in [-0.4, -0.2) is 49.1 Å². The molecule has 0 saturated carbocycles. The molecule has 1 aliphatic carbocycles. The molecule has 2 unspecified atom stereocenters. The molecule has 178 valence electrons. The summed E-state index contributed by atoms with van der Waals surface area (Å²) in [6.45, 7) is 3.93. The molecule has 0 aliphatic heterocycles. The number of hydrogen-bond donors (Lipinski definition) is 4. The minimum atomic E-state index is -4.27. The van der Waals surface area contributed by atoms with Crippen molar-refractivity contribution in [2.24, 2.45) is 0 Å². The Labute approximate surface area is 197 Å². The molecule has 0 heterocycles. The molecule has 1 aliphatic rings. The summed E-state index contributed by atoms with van der Waals surface area (Å²) >= 11 is 6.03. The molecule has 0 saturated heterocycles. The van der Waals surface area contributed by atoms with E-state index in [2.05, 4.69) is 17.6 Å². The van der Waals surface area contributed by atoms with Crippen LogP contribution in [0.15, 0.2) is 52.7 Å². The van der Waals surface area contributed by atoms with Crippen LogP contribution < -0.4 is 10.6 Å². The van der Waals surface area contributed by atoms with E-state index in [1.54, 1.807) is 0 Å². The third-order valence-electron chi connectivity index (χ3n) is 5.49. The van der Waals surface area contributed by atoms with Gasteiger partial charge in [0.25, 0.3) is 10.0 Å². The van der Waals surface area contributed by atoms with Gasteiger partial charge >= 0.3 is 0 Å². The van der Waals surface area contributed by atoms with Gasteiger partial charge in [0.1, 0.15) is 10.6 Å². The second-order valence-corrected chi connectivity index (χ2v) is 9.79. The summed E-state index contributed by atoms with van der Waals surface area (Å²) < 4.78 is 25.9. The second kappa shape index (κ2) is 9.70. The molecule has 9 nitrogen and oxygen atoms in total. The van der Waals surface area contributed by atoms with Crippen LogP contribution in [0, 0.1) is 0 Å². The maximum absolute atomic E-state index is 12.7. The zero-order valence-electron chi connectivity index (χ0n) is 18.6. The minimum absolute atomic E-state index is 0.0525. The molecular weight excluding hydrogens is 470 g/mol. The van der Waals surface area contributed by atoms with Gasteiger partial charge in [-0.1, -0.05) is 47.3 Å². The summed E-state index contributed by atoms with van der Waals surface area (Å²) in [6.07, 6.45) is -0.534. The van der Waals surface area contributed by atoms with Gasteiger partial charge in [-0.15, -0.1) is 0 Å². The van der Waals surface area contributed by atoms with Gasteiger partial charge in [0.05, 0.1) is 23.5 Å². The number of sulfonamides is 1. The van der Waals surface area contributed by atoms with E-state index in [1.165, 1.54) is 17.7 Å². The quantitative estimate of drug-likeness (QED) is 0.309. The topological polar surface area (TPSA) is 128 Å². The van der Waals surface area contributed by atoms with E-state index >= 15 is 0 Å². The number of phenolic OH excluding ortho intramolecular Hbond substituents is 1. The standard InChI is InChI=1S/C22H26ClN3O6S/c1-5-13-6-8-14(9-7-13)12(2)24-17-18(21(29)20(17)28)25-16-11-10-15(23)22(19(16)27)33(30,31)26(3)32-4/h6-12,21,24-25,27,29H,5H2,1-4H3. The Hall–Kier alpha value is -2.63. The van der Waals surface area contributed by atoms with Gasteiger partial charge in [-0.3, -0.25) is 9.63 Å². The summed E-state index contributed by atoms with van der Waals surface area (Å²) in [7, 11) is -1.96. The van der Waals surface area contributed by atoms with Crippen LogP contribution in [-0.2, 0) is 26.1 Å². The number of carbonyl (C=O) groups excluding carboxylic acids is 1. The van der Waals surface area contributed by atoms with Crippen molar-refractivity contribution in [2.45, 2.75) is 37.3 Å². The highest BCUT2D eigenvalue weighted by molar-refractivity contribution is 7.89. The van der Waals surface area contributed by atoms with Gasteiger partial charge in [0.15, 0.2) is 11.9 Å². The number of aliphatic hydroxyl groups excluding tert-OH is 1. The van der Waals surface area contributed by atoms with Crippen molar-refractivity contribution in [3.63, 3.8) is 0 Å². The molecule has 33 heavy (non-hydrogen) atoms. The fraction of sp³-hybridized carbons (Fsp3) is 0.318. The Morgan fingerprint density at radius 2 is 1.85 bits per heavy atom. The zero-order chi connectivity index (χ0) is 24.5. The van der Waals surface area contributed by atoms with Crippen LogP contribution in [0.25, 0.3) is 0 Å². The van der Waals surface area contributed by atoms with E-state index in [9.17, 15) is 23.4 Å². The third kappa shape index (κ3) is 4.71. The van der Waals surface area contributed by atoms with Crippen LogP contribution in [0.2, 0.25) is 5.02 Å². The molecule has 2 aromatic carbocycles. The lowest BCUT2D eigenvalue weighted by Crippen LogP contribution is -2.46. The molecular formula is C22H26ClN3O6S. The maximum Gasteiger partial charge on any atom is 0.269 e. The molecule has 0 amide bonds. The van der Waals surface area contributed by atoms with Gasteiger partial charge < -0.3 is 20.8 Å². The van der Waals surface area contributed by atoms with Crippen LogP contribution in [0.1, 0.15) is 31.0 Å². The first-order valence-corrected chi connectivity index (χ1v) is 12.0. The van der Waals surface area contributed by atoms with Crippen molar-refractivity contribution in [3.05, 3.63) is 63.9 Å². The van der Waals surface area contributed by atoms with Crippen molar-refractivity contribution in [1.82, 2.24) is 9.79 Å². The van der Waals surface area contributed by atoms with Crippen molar-refractivity contribution in [2.75, 3.05) is 19.5 Å². The number of carbonyl (C=O) groups is 1. The van der Waals surface area contributed by atoms with Crippen LogP contribution in [0.3, 0.4) is 0 Å². The van der Waals surface area contributed by atoms with Crippen LogP contribution >= 0.6 is 11.6 Å². The summed E-state index contributed by atoms with van der Waals surface area (Å²) in [5.41, 5.74) is 2.33. The SMILES string of the molecule is CCc1ccc(C(C)NC2=C(Nc3ccc(Cl)c(S(=O)(=O)N(C)OC)c3O)C(O)C2=O)cc1. The van der Waals surface area contributed by atoms with Gasteiger partial charge in [-0.2, -0.15) is 0 Å². The minimum Gasteiger partial charge on any atom is -0.504 e. The number of ketones is 1. The largest absolute Gasteiger partial charge is 0.504 e. The number of hydrogen-bond acceptors (Lipinski definition) is 8. The lowest BCUT2D eigenvalue weighted by molar-refractivity contribution is -0.125. The molecule has 0 radical (unpaired) electrons. The fourth-order valence-corrected chi connectivity index (χ4v) is 4.91. The maximum atomic E-state index is 12.7. The molecule has 2 aromatic rings. The molecule has 0 fully saturated rings. The fourth-order valence-electron chi connectivity index (χ4n) is 3.35. The normalized spacial score (nSPS) is 17.2. The number of aliphatic hydroxyl groups is 1. The number of hydroxylamine groups is 1. The molecule has 0 bridgehead atoms. The number of nitrogens with one attached hydrogen (secondary N) is 2.